The van der Waals surface area contributed by atoms with Crippen molar-refractivity contribution in [2.45, 2.75) is 37.6 Å². The lowest BCUT2D eigenvalue weighted by atomic mass is 9.99. The maximum atomic E-state index is 11.5. The van der Waals surface area contributed by atoms with Crippen molar-refractivity contribution in [1.29, 1.82) is 0 Å². The number of fused-ring (bicyclic) bond motifs is 1. The van der Waals surface area contributed by atoms with Crippen molar-refractivity contribution in [2.75, 3.05) is 6.61 Å². The Morgan fingerprint density at radius 3 is 2.50 bits per heavy atom. The van der Waals surface area contributed by atoms with Crippen molar-refractivity contribution in [3.05, 3.63) is 40.2 Å². The maximum absolute atomic E-state index is 11.5. The van der Waals surface area contributed by atoms with Crippen LogP contribution in [0.4, 0.5) is 0 Å². The molecule has 0 saturated carbocycles. The molecule has 0 bridgehead atoms. The van der Waals surface area contributed by atoms with Crippen molar-refractivity contribution >= 4 is 21.4 Å². The van der Waals surface area contributed by atoms with Crippen LogP contribution in [0.5, 0.6) is 5.75 Å². The zero-order valence-corrected chi connectivity index (χ0v) is 15.3. The van der Waals surface area contributed by atoms with E-state index in [1.165, 1.54) is 18.2 Å². The second-order valence-corrected chi connectivity index (χ2v) is 7.34. The van der Waals surface area contributed by atoms with Gasteiger partial charge in [0.1, 0.15) is 35.7 Å². The summed E-state index contributed by atoms with van der Waals surface area (Å²) in [5.74, 6) is 0.114. The molecule has 4 N–H and O–H groups in total. The van der Waals surface area contributed by atoms with E-state index in [9.17, 15) is 28.5 Å². The van der Waals surface area contributed by atoms with E-state index < -0.39 is 53.3 Å². The van der Waals surface area contributed by atoms with Crippen molar-refractivity contribution < 1.29 is 46.4 Å². The normalized spacial score (nSPS) is 28.4. The third-order valence-electron chi connectivity index (χ3n) is 4.22. The molecule has 5 atom stereocenters. The second kappa shape index (κ2) is 7.75. The molecular formula is C16H18O11S. The zero-order valence-electron chi connectivity index (χ0n) is 14.5. The van der Waals surface area contributed by atoms with Gasteiger partial charge in [0.25, 0.3) is 0 Å². The molecule has 0 spiro atoms. The minimum atomic E-state index is -4.80. The Morgan fingerprint density at radius 2 is 1.82 bits per heavy atom. The molecule has 12 heteroatoms. The molecule has 0 aliphatic carbocycles. The predicted octanol–water partition coefficient (Wildman–Crippen LogP) is -0.893. The minimum Gasteiger partial charge on any atom is -0.462 e. The third kappa shape index (κ3) is 4.50. The first kappa shape index (κ1) is 20.7. The molecule has 1 aromatic carbocycles. The summed E-state index contributed by atoms with van der Waals surface area (Å²) in [7, 11) is -4.80. The highest BCUT2D eigenvalue weighted by Crippen LogP contribution is 2.27. The second-order valence-electron chi connectivity index (χ2n) is 6.25. The van der Waals surface area contributed by atoms with Crippen LogP contribution in [0.25, 0.3) is 11.0 Å². The van der Waals surface area contributed by atoms with Crippen molar-refractivity contribution in [3.8, 4) is 5.75 Å². The van der Waals surface area contributed by atoms with Crippen LogP contribution in [0, 0.1) is 6.92 Å². The van der Waals surface area contributed by atoms with Gasteiger partial charge >= 0.3 is 16.0 Å². The van der Waals surface area contributed by atoms with Gasteiger partial charge in [0.05, 0.1) is 6.61 Å². The fraction of sp³-hybridized carbons (Fsp3) is 0.438. The number of ether oxygens (including phenoxy) is 2. The molecule has 1 saturated heterocycles. The number of hydrogen-bond donors (Lipinski definition) is 4. The Balaban J connectivity index is 1.81. The molecule has 0 radical (unpaired) electrons. The monoisotopic (exact) mass is 418 g/mol. The summed E-state index contributed by atoms with van der Waals surface area (Å²) in [5, 5.41) is 30.6. The van der Waals surface area contributed by atoms with E-state index in [0.717, 1.165) is 0 Å². The summed E-state index contributed by atoms with van der Waals surface area (Å²) < 4.78 is 50.0. The molecule has 0 amide bonds. The Hall–Kier alpha value is -2.06. The van der Waals surface area contributed by atoms with Gasteiger partial charge in [-0.1, -0.05) is 0 Å². The lowest BCUT2D eigenvalue weighted by Gasteiger charge is -2.39. The van der Waals surface area contributed by atoms with E-state index in [1.54, 1.807) is 13.0 Å². The summed E-state index contributed by atoms with van der Waals surface area (Å²) in [5.41, 5.74) is 0.351. The first-order chi connectivity index (χ1) is 13.0. The van der Waals surface area contributed by atoms with Crippen LogP contribution in [0.1, 0.15) is 5.56 Å². The smallest absolute Gasteiger partial charge is 0.397 e. The number of aryl methyl sites for hydroxylation is 1. The topological polar surface area (TPSA) is 173 Å². The van der Waals surface area contributed by atoms with Crippen LogP contribution in [0.2, 0.25) is 0 Å². The summed E-state index contributed by atoms with van der Waals surface area (Å²) in [6.45, 7) is 0.904. The molecule has 1 aromatic heterocycles. The first-order valence-electron chi connectivity index (χ1n) is 8.08. The fourth-order valence-electron chi connectivity index (χ4n) is 2.82. The van der Waals surface area contributed by atoms with Crippen LogP contribution >= 0.6 is 0 Å². The van der Waals surface area contributed by atoms with Crippen LogP contribution in [-0.4, -0.2) is 65.6 Å². The third-order valence-corrected chi connectivity index (χ3v) is 4.66. The summed E-state index contributed by atoms with van der Waals surface area (Å²) >= 11 is 0. The Labute approximate surface area is 158 Å². The van der Waals surface area contributed by atoms with E-state index in [1.807, 2.05) is 0 Å². The average molecular weight is 418 g/mol. The lowest BCUT2D eigenvalue weighted by molar-refractivity contribution is -0.276. The molecule has 154 valence electrons. The number of aliphatic hydroxyl groups excluding tert-OH is 3. The highest BCUT2D eigenvalue weighted by Gasteiger charge is 2.45. The quantitative estimate of drug-likeness (QED) is 0.350. The van der Waals surface area contributed by atoms with E-state index >= 15 is 0 Å². The first-order valence-corrected chi connectivity index (χ1v) is 9.44. The van der Waals surface area contributed by atoms with Gasteiger partial charge in [0, 0.05) is 17.5 Å². The van der Waals surface area contributed by atoms with Crippen LogP contribution in [-0.2, 0) is 19.3 Å². The van der Waals surface area contributed by atoms with Gasteiger partial charge in [0.2, 0.25) is 6.29 Å². The summed E-state index contributed by atoms with van der Waals surface area (Å²) in [4.78, 5) is 11.5. The Kier molecular flexibility index (Phi) is 5.72. The molecule has 0 unspecified atom stereocenters. The van der Waals surface area contributed by atoms with Crippen molar-refractivity contribution in [3.63, 3.8) is 0 Å². The van der Waals surface area contributed by atoms with Gasteiger partial charge in [0.15, 0.2) is 0 Å². The van der Waals surface area contributed by atoms with E-state index in [4.69, 9.17) is 18.4 Å². The lowest BCUT2D eigenvalue weighted by Crippen LogP contribution is -2.60. The fourth-order valence-corrected chi connectivity index (χ4v) is 3.12. The maximum Gasteiger partial charge on any atom is 0.397 e. The van der Waals surface area contributed by atoms with Gasteiger partial charge in [-0.3, -0.25) is 4.55 Å². The molecule has 28 heavy (non-hydrogen) atoms. The average Bonchev–Trinajstić information content (AvgIpc) is 2.60. The van der Waals surface area contributed by atoms with E-state index in [0.29, 0.717) is 10.9 Å². The van der Waals surface area contributed by atoms with Crippen molar-refractivity contribution in [2.24, 2.45) is 0 Å². The van der Waals surface area contributed by atoms with E-state index in [2.05, 4.69) is 4.18 Å². The Morgan fingerprint density at radius 1 is 1.11 bits per heavy atom. The molecule has 1 aliphatic heterocycles. The van der Waals surface area contributed by atoms with Gasteiger partial charge in [-0.25, -0.2) is 8.98 Å². The van der Waals surface area contributed by atoms with Crippen LogP contribution in [0.15, 0.2) is 33.5 Å². The van der Waals surface area contributed by atoms with Crippen molar-refractivity contribution in [1.82, 2.24) is 0 Å². The van der Waals surface area contributed by atoms with Gasteiger partial charge in [-0.15, -0.1) is 0 Å². The molecular weight excluding hydrogens is 400 g/mol. The number of hydrogen-bond acceptors (Lipinski definition) is 10. The molecule has 1 aliphatic rings. The largest absolute Gasteiger partial charge is 0.462 e. The van der Waals surface area contributed by atoms with Crippen LogP contribution in [0.3, 0.4) is 0 Å². The highest BCUT2D eigenvalue weighted by molar-refractivity contribution is 7.80. The van der Waals surface area contributed by atoms with E-state index in [-0.39, 0.29) is 11.3 Å². The minimum absolute atomic E-state index is 0.114. The zero-order chi connectivity index (χ0) is 20.6. The number of benzene rings is 1. The molecule has 1 fully saturated rings. The number of rotatable bonds is 5. The molecule has 3 rings (SSSR count). The van der Waals surface area contributed by atoms with Crippen LogP contribution < -0.4 is 10.4 Å². The molecule has 2 heterocycles. The van der Waals surface area contributed by atoms with Gasteiger partial charge < -0.3 is 29.2 Å². The number of aliphatic hydroxyl groups is 3. The molecule has 2 aromatic rings. The molecule has 11 nitrogen and oxygen atoms in total. The highest BCUT2D eigenvalue weighted by atomic mass is 32.3. The summed E-state index contributed by atoms with van der Waals surface area (Å²) in [6.07, 6.45) is -8.06. The standard InChI is InChI=1S/C16H18O11S/c1-7-4-12(17)26-10-5-8(2-3-9(7)10)25-16-15(20)14(19)13(18)11(27-16)6-24-28(21,22)23/h2-5,11,13-16,18-20H,6H2,1H3,(H,21,22,23)/t11-,13-,14+,15-,16-/m1/s1. The van der Waals surface area contributed by atoms with Gasteiger partial charge in [-0.2, -0.15) is 8.42 Å². The predicted molar refractivity (Wildman–Crippen MR) is 92.0 cm³/mol. The Bertz CT molecular complexity index is 1010. The van der Waals surface area contributed by atoms with Gasteiger partial charge in [-0.05, 0) is 24.6 Å². The summed E-state index contributed by atoms with van der Waals surface area (Å²) in [6, 6.07) is 5.82. The SMILES string of the molecule is Cc1cc(=O)oc2cc(O[C@@H]3O[C@H](COS(=O)(=O)O)[C@@H](O)[C@H](O)[C@H]3O)ccc12.